The minimum Gasteiger partial charge on any atom is -0.490 e. The van der Waals surface area contributed by atoms with Crippen LogP contribution in [0, 0.1) is 24.0 Å². The summed E-state index contributed by atoms with van der Waals surface area (Å²) in [6, 6.07) is 12.4. The summed E-state index contributed by atoms with van der Waals surface area (Å²) in [4.78, 5) is 41.5. The second-order valence-corrected chi connectivity index (χ2v) is 8.55. The number of aromatic nitrogens is 1. The van der Waals surface area contributed by atoms with E-state index in [1.165, 1.54) is 18.2 Å². The van der Waals surface area contributed by atoms with Gasteiger partial charge in [0, 0.05) is 22.7 Å². The lowest BCUT2D eigenvalue weighted by Crippen LogP contribution is -2.20. The summed E-state index contributed by atoms with van der Waals surface area (Å²) in [7, 11) is 0. The molecular formula is C26H25ClN2O7. The molecule has 0 aliphatic heterocycles. The molecule has 0 amide bonds. The number of carbonyl (C=O) groups excluding carboxylic acids is 2. The Morgan fingerprint density at radius 2 is 1.67 bits per heavy atom. The summed E-state index contributed by atoms with van der Waals surface area (Å²) >= 11 is 5.94. The number of pyridine rings is 1. The lowest BCUT2D eigenvalue weighted by Gasteiger charge is -2.19. The van der Waals surface area contributed by atoms with E-state index >= 15 is 0 Å². The fourth-order valence-electron chi connectivity index (χ4n) is 3.61. The number of halogens is 1. The zero-order chi connectivity index (χ0) is 26.4. The molecule has 3 aromatic rings. The van der Waals surface area contributed by atoms with Crippen LogP contribution in [-0.2, 0) is 9.47 Å². The molecule has 0 fully saturated rings. The minimum absolute atomic E-state index is 0.0135. The summed E-state index contributed by atoms with van der Waals surface area (Å²) in [5.41, 5.74) is 0.927. The third kappa shape index (κ3) is 6.37. The number of nitro groups is 1. The Hall–Kier alpha value is -3.98. The first kappa shape index (κ1) is 26.6. The number of carbonyl (C=O) groups is 2. The number of ether oxygens (including phenoxy) is 3. The van der Waals surface area contributed by atoms with E-state index in [1.807, 2.05) is 0 Å². The van der Waals surface area contributed by atoms with Gasteiger partial charge in [0.25, 0.3) is 5.69 Å². The van der Waals surface area contributed by atoms with Crippen molar-refractivity contribution in [2.24, 2.45) is 0 Å². The smallest absolute Gasteiger partial charge is 0.340 e. The van der Waals surface area contributed by atoms with Gasteiger partial charge in [-0.05, 0) is 51.5 Å². The molecule has 188 valence electrons. The largest absolute Gasteiger partial charge is 0.490 e. The second kappa shape index (κ2) is 11.6. The molecule has 1 heterocycles. The molecule has 0 unspecified atom stereocenters. The van der Waals surface area contributed by atoms with Gasteiger partial charge in [0.1, 0.15) is 19.0 Å². The van der Waals surface area contributed by atoms with Crippen molar-refractivity contribution in [3.8, 4) is 16.9 Å². The highest BCUT2D eigenvalue weighted by Gasteiger charge is 2.29. The molecule has 1 aromatic heterocycles. The first-order valence-corrected chi connectivity index (χ1v) is 11.5. The van der Waals surface area contributed by atoms with Gasteiger partial charge in [-0.3, -0.25) is 15.1 Å². The highest BCUT2D eigenvalue weighted by Crippen LogP contribution is 2.34. The molecule has 0 saturated heterocycles. The maximum Gasteiger partial charge on any atom is 0.340 e. The average molecular weight is 513 g/mol. The monoisotopic (exact) mass is 512 g/mol. The minimum atomic E-state index is -0.755. The molecule has 0 aliphatic rings. The molecule has 9 nitrogen and oxygen atoms in total. The van der Waals surface area contributed by atoms with Crippen molar-refractivity contribution in [1.82, 2.24) is 4.98 Å². The molecule has 0 bridgehead atoms. The van der Waals surface area contributed by atoms with Gasteiger partial charge in [-0.25, -0.2) is 9.59 Å². The standard InChI is InChI=1S/C26H25ClN2O7/c1-15(2)36-26(31)23-17(4)28-16(3)22(24(23)18-7-5-9-20(13-18)29(32)33)25(30)35-12-11-34-21-10-6-8-19(27)14-21/h5-10,13-15H,11-12H2,1-4H3. The van der Waals surface area contributed by atoms with Crippen LogP contribution in [0.3, 0.4) is 0 Å². The normalized spacial score (nSPS) is 10.7. The number of hydrogen-bond acceptors (Lipinski definition) is 8. The van der Waals surface area contributed by atoms with Crippen molar-refractivity contribution in [1.29, 1.82) is 0 Å². The van der Waals surface area contributed by atoms with Crippen LogP contribution in [-0.4, -0.2) is 41.2 Å². The lowest BCUT2D eigenvalue weighted by atomic mass is 9.92. The number of rotatable bonds is 9. The van der Waals surface area contributed by atoms with Crippen LogP contribution in [0.4, 0.5) is 5.69 Å². The number of non-ortho nitro benzene ring substituents is 1. The summed E-state index contributed by atoms with van der Waals surface area (Å²) in [5.74, 6) is -0.938. The molecule has 0 N–H and O–H groups in total. The van der Waals surface area contributed by atoms with E-state index in [0.29, 0.717) is 22.2 Å². The van der Waals surface area contributed by atoms with Crippen LogP contribution in [0.15, 0.2) is 48.5 Å². The average Bonchev–Trinajstić information content (AvgIpc) is 2.80. The SMILES string of the molecule is Cc1nc(C)c(C(=O)OC(C)C)c(-c2cccc([N+](=O)[O-])c2)c1C(=O)OCCOc1cccc(Cl)c1. The van der Waals surface area contributed by atoms with Gasteiger partial charge in [0.05, 0.1) is 33.5 Å². The third-order valence-corrected chi connectivity index (χ3v) is 5.27. The Morgan fingerprint density at radius 3 is 2.31 bits per heavy atom. The Balaban J connectivity index is 2.00. The van der Waals surface area contributed by atoms with Crippen molar-refractivity contribution in [2.45, 2.75) is 33.8 Å². The van der Waals surface area contributed by atoms with E-state index in [1.54, 1.807) is 58.0 Å². The van der Waals surface area contributed by atoms with Crippen LogP contribution in [0.1, 0.15) is 46.0 Å². The van der Waals surface area contributed by atoms with Crippen molar-refractivity contribution >= 4 is 29.2 Å². The van der Waals surface area contributed by atoms with Crippen molar-refractivity contribution in [2.75, 3.05) is 13.2 Å². The zero-order valence-corrected chi connectivity index (χ0v) is 21.0. The number of benzene rings is 2. The van der Waals surface area contributed by atoms with E-state index < -0.39 is 23.0 Å². The van der Waals surface area contributed by atoms with E-state index in [-0.39, 0.29) is 41.2 Å². The quantitative estimate of drug-likeness (QED) is 0.154. The van der Waals surface area contributed by atoms with Crippen LogP contribution in [0.5, 0.6) is 5.75 Å². The first-order chi connectivity index (χ1) is 17.1. The fourth-order valence-corrected chi connectivity index (χ4v) is 3.79. The van der Waals surface area contributed by atoms with Crippen LogP contribution in [0.25, 0.3) is 11.1 Å². The highest BCUT2D eigenvalue weighted by molar-refractivity contribution is 6.30. The molecule has 2 aromatic carbocycles. The maximum absolute atomic E-state index is 13.2. The van der Waals surface area contributed by atoms with E-state index in [0.717, 1.165) is 0 Å². The van der Waals surface area contributed by atoms with Crippen molar-refractivity contribution < 1.29 is 28.7 Å². The number of esters is 2. The molecule has 3 rings (SSSR count). The van der Waals surface area contributed by atoms with E-state index in [9.17, 15) is 19.7 Å². The molecule has 0 radical (unpaired) electrons. The predicted molar refractivity (Wildman–Crippen MR) is 134 cm³/mol. The first-order valence-electron chi connectivity index (χ1n) is 11.1. The highest BCUT2D eigenvalue weighted by atomic mass is 35.5. The number of nitro benzene ring substituents is 1. The molecule has 36 heavy (non-hydrogen) atoms. The Morgan fingerprint density at radius 1 is 1.00 bits per heavy atom. The lowest BCUT2D eigenvalue weighted by molar-refractivity contribution is -0.384. The summed E-state index contributed by atoms with van der Waals surface area (Å²) in [6.45, 7) is 6.55. The molecule has 0 saturated carbocycles. The Kier molecular flexibility index (Phi) is 8.60. The van der Waals surface area contributed by atoms with Crippen molar-refractivity contribution in [3.05, 3.63) is 86.2 Å². The van der Waals surface area contributed by atoms with Gasteiger partial charge in [0.2, 0.25) is 0 Å². The second-order valence-electron chi connectivity index (χ2n) is 8.11. The van der Waals surface area contributed by atoms with Gasteiger partial charge in [-0.15, -0.1) is 0 Å². The van der Waals surface area contributed by atoms with E-state index in [2.05, 4.69) is 4.98 Å². The Bertz CT molecular complexity index is 1310. The number of aryl methyl sites for hydroxylation is 2. The topological polar surface area (TPSA) is 118 Å². The molecule has 0 spiro atoms. The molecular weight excluding hydrogens is 488 g/mol. The number of nitrogens with zero attached hydrogens (tertiary/aromatic N) is 2. The van der Waals surface area contributed by atoms with Gasteiger partial charge >= 0.3 is 11.9 Å². The maximum atomic E-state index is 13.2. The predicted octanol–water partition coefficient (Wildman–Crippen LogP) is 5.73. The summed E-state index contributed by atoms with van der Waals surface area (Å²) < 4.78 is 16.4. The molecule has 0 aliphatic carbocycles. The van der Waals surface area contributed by atoms with Gasteiger partial charge < -0.3 is 14.2 Å². The third-order valence-electron chi connectivity index (χ3n) is 5.04. The Labute approximate surface area is 213 Å². The van der Waals surface area contributed by atoms with E-state index in [4.69, 9.17) is 25.8 Å². The van der Waals surface area contributed by atoms with Gasteiger partial charge in [-0.2, -0.15) is 0 Å². The van der Waals surface area contributed by atoms with Crippen LogP contribution < -0.4 is 4.74 Å². The van der Waals surface area contributed by atoms with Gasteiger partial charge in [0.15, 0.2) is 0 Å². The van der Waals surface area contributed by atoms with Crippen LogP contribution in [0.2, 0.25) is 5.02 Å². The fraction of sp³-hybridized carbons (Fsp3) is 0.269. The summed E-state index contributed by atoms with van der Waals surface area (Å²) in [6.07, 6.45) is -0.435. The van der Waals surface area contributed by atoms with Crippen molar-refractivity contribution in [3.63, 3.8) is 0 Å². The van der Waals surface area contributed by atoms with Crippen LogP contribution >= 0.6 is 11.6 Å². The summed E-state index contributed by atoms with van der Waals surface area (Å²) in [5, 5.41) is 11.9. The number of hydrogen-bond donors (Lipinski definition) is 0. The van der Waals surface area contributed by atoms with Gasteiger partial charge in [-0.1, -0.05) is 29.8 Å². The molecule has 10 heteroatoms. The zero-order valence-electron chi connectivity index (χ0n) is 20.2. The molecule has 0 atom stereocenters.